The van der Waals surface area contributed by atoms with Crippen LogP contribution in [0.2, 0.25) is 5.15 Å². The van der Waals surface area contributed by atoms with Gasteiger partial charge in [0.2, 0.25) is 0 Å². The van der Waals surface area contributed by atoms with Crippen LogP contribution in [0.4, 0.5) is 8.78 Å². The number of rotatable bonds is 3. The second-order valence-corrected chi connectivity index (χ2v) is 4.00. The molecule has 2 rings (SSSR count). The maximum absolute atomic E-state index is 13.4. The Hall–Kier alpha value is -1.75. The summed E-state index contributed by atoms with van der Waals surface area (Å²) in [6, 6.07) is 5.82. The summed E-state index contributed by atoms with van der Waals surface area (Å²) in [5.41, 5.74) is -0.230. The number of ether oxygens (including phenoxy) is 1. The molecule has 0 aliphatic carbocycles. The van der Waals surface area contributed by atoms with Crippen molar-refractivity contribution >= 4 is 11.6 Å². The molecule has 1 heterocycles. The van der Waals surface area contributed by atoms with Crippen LogP contribution in [-0.2, 0) is 5.92 Å². The van der Waals surface area contributed by atoms with E-state index in [4.69, 9.17) is 16.3 Å². The highest BCUT2D eigenvalue weighted by atomic mass is 35.5. The van der Waals surface area contributed by atoms with E-state index < -0.39 is 5.92 Å². The molecule has 0 saturated heterocycles. The van der Waals surface area contributed by atoms with Crippen LogP contribution in [0.25, 0.3) is 0 Å². The van der Waals surface area contributed by atoms with E-state index in [0.29, 0.717) is 0 Å². The number of para-hydroxylation sites is 1. The number of alkyl halides is 2. The van der Waals surface area contributed by atoms with Crippen molar-refractivity contribution < 1.29 is 13.5 Å². The third kappa shape index (κ3) is 2.73. The quantitative estimate of drug-likeness (QED) is 0.844. The van der Waals surface area contributed by atoms with Crippen molar-refractivity contribution in [2.24, 2.45) is 0 Å². The lowest BCUT2D eigenvalue weighted by Gasteiger charge is -2.15. The minimum Gasteiger partial charge on any atom is -0.436 e. The SMILES string of the molecule is CC(F)(F)c1ccccc1Oc1nccnc1Cl. The van der Waals surface area contributed by atoms with Crippen LogP contribution in [0, 0.1) is 0 Å². The summed E-state index contributed by atoms with van der Waals surface area (Å²) in [4.78, 5) is 7.59. The second-order valence-electron chi connectivity index (χ2n) is 3.64. The van der Waals surface area contributed by atoms with Gasteiger partial charge in [0.05, 0.1) is 5.56 Å². The highest BCUT2D eigenvalue weighted by molar-refractivity contribution is 6.30. The van der Waals surface area contributed by atoms with Crippen molar-refractivity contribution in [3.8, 4) is 11.6 Å². The lowest BCUT2D eigenvalue weighted by atomic mass is 10.1. The molecule has 0 aliphatic heterocycles. The molecule has 2 aromatic rings. The maximum atomic E-state index is 13.4. The first kappa shape index (κ1) is 12.7. The molecule has 0 saturated carbocycles. The Morgan fingerprint density at radius 1 is 1.17 bits per heavy atom. The molecule has 0 spiro atoms. The Morgan fingerprint density at radius 2 is 1.83 bits per heavy atom. The summed E-state index contributed by atoms with van der Waals surface area (Å²) < 4.78 is 32.0. The number of benzene rings is 1. The van der Waals surface area contributed by atoms with E-state index in [1.807, 2.05) is 0 Å². The van der Waals surface area contributed by atoms with Crippen LogP contribution in [-0.4, -0.2) is 9.97 Å². The number of nitrogens with zero attached hydrogens (tertiary/aromatic N) is 2. The van der Waals surface area contributed by atoms with Crippen molar-refractivity contribution in [3.63, 3.8) is 0 Å². The molecule has 18 heavy (non-hydrogen) atoms. The highest BCUT2D eigenvalue weighted by Gasteiger charge is 2.28. The number of aromatic nitrogens is 2. The van der Waals surface area contributed by atoms with E-state index in [-0.39, 0.29) is 22.3 Å². The monoisotopic (exact) mass is 270 g/mol. The first-order valence-corrected chi connectivity index (χ1v) is 5.48. The Morgan fingerprint density at radius 3 is 2.50 bits per heavy atom. The average Bonchev–Trinajstić information content (AvgIpc) is 2.31. The van der Waals surface area contributed by atoms with E-state index in [1.54, 1.807) is 6.07 Å². The van der Waals surface area contributed by atoms with Gasteiger partial charge in [-0.2, -0.15) is 0 Å². The first-order valence-electron chi connectivity index (χ1n) is 5.10. The summed E-state index contributed by atoms with van der Waals surface area (Å²) in [7, 11) is 0. The number of hydrogen-bond acceptors (Lipinski definition) is 3. The smallest absolute Gasteiger partial charge is 0.274 e. The number of hydrogen-bond donors (Lipinski definition) is 0. The molecule has 3 nitrogen and oxygen atoms in total. The molecule has 0 bridgehead atoms. The van der Waals surface area contributed by atoms with Crippen molar-refractivity contribution in [1.82, 2.24) is 9.97 Å². The van der Waals surface area contributed by atoms with Gasteiger partial charge in [-0.15, -0.1) is 0 Å². The zero-order valence-corrected chi connectivity index (χ0v) is 10.2. The summed E-state index contributed by atoms with van der Waals surface area (Å²) >= 11 is 5.75. The summed E-state index contributed by atoms with van der Waals surface area (Å²) in [6.07, 6.45) is 2.75. The van der Waals surface area contributed by atoms with Gasteiger partial charge in [0, 0.05) is 19.3 Å². The molecule has 6 heteroatoms. The average molecular weight is 271 g/mol. The summed E-state index contributed by atoms with van der Waals surface area (Å²) in [6.45, 7) is 0.799. The fourth-order valence-electron chi connectivity index (χ4n) is 1.40. The van der Waals surface area contributed by atoms with E-state index >= 15 is 0 Å². The van der Waals surface area contributed by atoms with E-state index in [2.05, 4.69) is 9.97 Å². The van der Waals surface area contributed by atoms with Crippen molar-refractivity contribution in [3.05, 3.63) is 47.4 Å². The van der Waals surface area contributed by atoms with Crippen LogP contribution in [0.15, 0.2) is 36.7 Å². The minimum absolute atomic E-state index is 0.00383. The molecular formula is C12H9ClF2N2O. The van der Waals surface area contributed by atoms with Gasteiger partial charge in [0.25, 0.3) is 11.8 Å². The van der Waals surface area contributed by atoms with Crippen LogP contribution in [0.1, 0.15) is 12.5 Å². The van der Waals surface area contributed by atoms with Crippen molar-refractivity contribution in [2.45, 2.75) is 12.8 Å². The van der Waals surface area contributed by atoms with Gasteiger partial charge in [0.15, 0.2) is 5.15 Å². The first-order chi connectivity index (χ1) is 8.48. The van der Waals surface area contributed by atoms with Crippen molar-refractivity contribution in [2.75, 3.05) is 0 Å². The summed E-state index contributed by atoms with van der Waals surface area (Å²) in [5, 5.41) is 0.0201. The second kappa shape index (κ2) is 4.86. The fraction of sp³-hybridized carbons (Fsp3) is 0.167. The maximum Gasteiger partial charge on any atom is 0.274 e. The van der Waals surface area contributed by atoms with Gasteiger partial charge in [-0.25, -0.2) is 18.7 Å². The van der Waals surface area contributed by atoms with Gasteiger partial charge in [-0.1, -0.05) is 23.7 Å². The lowest BCUT2D eigenvalue weighted by molar-refractivity contribution is 0.0155. The van der Waals surface area contributed by atoms with Crippen LogP contribution < -0.4 is 4.74 Å². The predicted octanol–water partition coefficient (Wildman–Crippen LogP) is 4.03. The van der Waals surface area contributed by atoms with Crippen molar-refractivity contribution in [1.29, 1.82) is 0 Å². The normalized spacial score (nSPS) is 11.3. The third-order valence-electron chi connectivity index (χ3n) is 2.19. The van der Waals surface area contributed by atoms with Gasteiger partial charge in [-0.05, 0) is 12.1 Å². The molecule has 1 aromatic carbocycles. The van der Waals surface area contributed by atoms with Crippen LogP contribution in [0.5, 0.6) is 11.6 Å². The lowest BCUT2D eigenvalue weighted by Crippen LogP contribution is -2.08. The topological polar surface area (TPSA) is 35.0 Å². The minimum atomic E-state index is -3.01. The van der Waals surface area contributed by atoms with Gasteiger partial charge in [0.1, 0.15) is 5.75 Å². The van der Waals surface area contributed by atoms with Gasteiger partial charge < -0.3 is 4.74 Å². The Balaban J connectivity index is 2.39. The van der Waals surface area contributed by atoms with Crippen LogP contribution >= 0.6 is 11.6 Å². The standard InChI is InChI=1S/C12H9ClF2N2O/c1-12(14,15)8-4-2-3-5-9(8)18-11-10(13)16-6-7-17-11/h2-7H,1H3. The molecule has 94 valence electrons. The van der Waals surface area contributed by atoms with E-state index in [9.17, 15) is 8.78 Å². The number of halogens is 3. The zero-order chi connectivity index (χ0) is 13.2. The van der Waals surface area contributed by atoms with Gasteiger partial charge >= 0.3 is 0 Å². The molecular weight excluding hydrogens is 262 g/mol. The third-order valence-corrected chi connectivity index (χ3v) is 2.45. The molecule has 0 radical (unpaired) electrons. The predicted molar refractivity (Wildman–Crippen MR) is 63.1 cm³/mol. The Kier molecular flexibility index (Phi) is 3.43. The largest absolute Gasteiger partial charge is 0.436 e. The van der Waals surface area contributed by atoms with E-state index in [1.165, 1.54) is 30.6 Å². The Labute approximate surface area is 107 Å². The molecule has 0 aliphatic rings. The van der Waals surface area contributed by atoms with Crippen LogP contribution in [0.3, 0.4) is 0 Å². The summed E-state index contributed by atoms with van der Waals surface area (Å²) in [5.74, 6) is -3.01. The highest BCUT2D eigenvalue weighted by Crippen LogP contribution is 2.36. The van der Waals surface area contributed by atoms with E-state index in [0.717, 1.165) is 6.92 Å². The molecule has 0 N–H and O–H groups in total. The van der Waals surface area contributed by atoms with Gasteiger partial charge in [-0.3, -0.25) is 0 Å². The molecule has 0 amide bonds. The fourth-order valence-corrected chi connectivity index (χ4v) is 1.54. The molecule has 0 fully saturated rings. The zero-order valence-electron chi connectivity index (χ0n) is 9.40. The molecule has 1 aromatic heterocycles. The molecule has 0 atom stereocenters. The molecule has 0 unspecified atom stereocenters. The Bertz CT molecular complexity index is 558.